The molecule has 4 amide bonds. The summed E-state index contributed by atoms with van der Waals surface area (Å²) in [5.74, 6) is 2.40. The first kappa shape index (κ1) is 75.2. The van der Waals surface area contributed by atoms with Crippen LogP contribution in [0.25, 0.3) is 22.1 Å². The fourth-order valence-electron chi connectivity index (χ4n) is 14.5. The SMILES string of the molecule is CC(C)(C)OC(=O)N1CCC(C=O)CC1.Cc1cccc(C(=O)Nc2nc3cc(CN4CCN(CC5CCN(C(=O)OC(C)(C)C)CC5)CC4)ccc3n2C2CCC(CO)CC2)c1.Cc1cccc(C(=O)Nc2nc3cc(CN4CCNCC4)ccc3n2C2CCC(CO)CC2)c1.Cl. The number of likely N-dealkylation sites (tertiary alicyclic amines) is 2. The molecule has 21 nitrogen and oxygen atoms in total. The number of hydrogen-bond acceptors (Lipinski definition) is 15. The number of aliphatic hydroxyl groups excluding tert-OH is 2. The largest absolute Gasteiger partial charge is 0.444 e. The van der Waals surface area contributed by atoms with Crippen molar-refractivity contribution in [1.29, 1.82) is 0 Å². The summed E-state index contributed by atoms with van der Waals surface area (Å²) in [6, 6.07) is 28.9. The second-order valence-corrected chi connectivity index (χ2v) is 30.1. The summed E-state index contributed by atoms with van der Waals surface area (Å²) in [6.45, 7) is 29.8. The van der Waals surface area contributed by atoms with Crippen LogP contribution in [0.5, 0.6) is 0 Å². The van der Waals surface area contributed by atoms with Crippen LogP contribution in [0.2, 0.25) is 0 Å². The first-order valence-corrected chi connectivity index (χ1v) is 35.9. The average molecular weight is 1370 g/mol. The maximum Gasteiger partial charge on any atom is 0.410 e. The van der Waals surface area contributed by atoms with Gasteiger partial charge in [0.2, 0.25) is 11.9 Å². The summed E-state index contributed by atoms with van der Waals surface area (Å²) < 4.78 is 15.3. The van der Waals surface area contributed by atoms with E-state index in [0.29, 0.717) is 53.9 Å². The van der Waals surface area contributed by atoms with Gasteiger partial charge in [0.25, 0.3) is 11.8 Å². The molecule has 2 saturated carbocycles. The molecular weight excluding hydrogens is 1260 g/mol. The number of aryl methyl sites for hydroxylation is 2. The molecule has 5 N–H and O–H groups in total. The number of aldehydes is 1. The van der Waals surface area contributed by atoms with Gasteiger partial charge in [0.05, 0.1) is 22.1 Å². The topological polar surface area (TPSA) is 232 Å². The number of hydrogen-bond donors (Lipinski definition) is 5. The Labute approximate surface area is 586 Å². The number of aromatic nitrogens is 4. The van der Waals surface area contributed by atoms with Crippen molar-refractivity contribution in [3.8, 4) is 0 Å². The highest BCUT2D eigenvalue weighted by Gasteiger charge is 2.32. The molecule has 4 aromatic carbocycles. The Morgan fingerprint density at radius 1 is 0.520 bits per heavy atom. The maximum absolute atomic E-state index is 13.3. The quantitative estimate of drug-likeness (QED) is 0.0602. The Balaban J connectivity index is 0.000000194. The minimum atomic E-state index is -0.454. The Morgan fingerprint density at radius 3 is 1.33 bits per heavy atom. The number of imidazole rings is 2. The number of rotatable bonds is 15. The Hall–Kier alpha value is -6.98. The number of piperazine rings is 2. The molecule has 0 bridgehead atoms. The molecule has 0 spiro atoms. The van der Waals surface area contributed by atoms with Crippen LogP contribution < -0.4 is 16.0 Å². The number of nitrogens with zero attached hydrogens (tertiary/aromatic N) is 9. The summed E-state index contributed by atoms with van der Waals surface area (Å²) in [5.41, 5.74) is 8.91. The van der Waals surface area contributed by atoms with Gasteiger partial charge in [-0.1, -0.05) is 47.5 Å². The third-order valence-electron chi connectivity index (χ3n) is 20.1. The van der Waals surface area contributed by atoms with Gasteiger partial charge in [-0.15, -0.1) is 12.4 Å². The molecule has 2 aromatic heterocycles. The van der Waals surface area contributed by atoms with E-state index in [1.165, 1.54) is 11.1 Å². The van der Waals surface area contributed by atoms with Crippen LogP contribution in [-0.2, 0) is 27.4 Å². The van der Waals surface area contributed by atoms with Crippen molar-refractivity contribution < 1.29 is 43.7 Å². The lowest BCUT2D eigenvalue weighted by molar-refractivity contribution is -0.112. The van der Waals surface area contributed by atoms with Crippen LogP contribution >= 0.6 is 12.4 Å². The number of ether oxygens (including phenoxy) is 2. The summed E-state index contributed by atoms with van der Waals surface area (Å²) in [7, 11) is 0. The Kier molecular flexibility index (Phi) is 26.8. The second kappa shape index (κ2) is 34.9. The van der Waals surface area contributed by atoms with Crippen LogP contribution in [0.15, 0.2) is 84.9 Å². The van der Waals surface area contributed by atoms with Gasteiger partial charge in [-0.3, -0.25) is 30.0 Å². The van der Waals surface area contributed by atoms with Crippen LogP contribution in [0.3, 0.4) is 0 Å². The Morgan fingerprint density at radius 2 is 0.929 bits per heavy atom. The normalized spacial score (nSPS) is 21.0. The molecule has 0 unspecified atom stereocenters. The molecule has 534 valence electrons. The number of benzene rings is 4. The maximum atomic E-state index is 13.3. The highest BCUT2D eigenvalue weighted by Crippen LogP contribution is 2.39. The van der Waals surface area contributed by atoms with Gasteiger partial charge in [0.1, 0.15) is 17.5 Å². The van der Waals surface area contributed by atoms with Crippen molar-refractivity contribution >= 4 is 76.7 Å². The Bertz CT molecular complexity index is 3590. The number of piperidine rings is 2. The van der Waals surface area contributed by atoms with Gasteiger partial charge in [0.15, 0.2) is 0 Å². The van der Waals surface area contributed by atoms with Crippen LogP contribution in [0, 0.1) is 37.5 Å². The monoisotopic (exact) mass is 1370 g/mol. The lowest BCUT2D eigenvalue weighted by Crippen LogP contribution is -2.49. The zero-order valence-electron chi connectivity index (χ0n) is 59.3. The highest BCUT2D eigenvalue weighted by molar-refractivity contribution is 6.05. The number of fused-ring (bicyclic) bond motifs is 2. The standard InChI is InChI=1S/C38H54N6O4.C27H35N5O2.C11H19NO3.ClH/c1-27-6-5-7-31(22-27)35(46)40-36-39-33-23-30(10-13-34(33)44(36)32-11-8-29(26-45)9-12-32)25-42-20-18-41(19-21-42)24-28-14-16-43(17-15-28)37(47)48-38(2,3)4;1-19-3-2-4-22(15-19)26(34)30-27-29-24-16-21(17-31-13-11-28-12-14-31)7-10-25(24)32(27)23-8-5-20(18-33)6-9-23;1-11(2,3)15-10(14)12-6-4-9(8-13)5-7-12;/h5-7,10,13,22-23,28-29,32,45H,8-9,11-12,14-21,24-26H2,1-4H3,(H,39,40,46);2-4,7,10,15-16,20,23,28,33H,5-6,8-9,11-14,17-18H2,1H3,(H,29,30,34);8-9H,4-7H2,1-3H3;1H. The van der Waals surface area contributed by atoms with Crippen molar-refractivity contribution in [2.75, 3.05) is 109 Å². The highest BCUT2D eigenvalue weighted by atomic mass is 35.5. The predicted octanol–water partition coefficient (Wildman–Crippen LogP) is 12.1. The first-order valence-electron chi connectivity index (χ1n) is 35.9. The first-order chi connectivity index (χ1) is 46.6. The molecule has 0 atom stereocenters. The van der Waals surface area contributed by atoms with Crippen LogP contribution in [0.1, 0.15) is 174 Å². The molecule has 6 aromatic rings. The third kappa shape index (κ3) is 21.0. The molecule has 6 heterocycles. The number of carbonyl (C=O) groups excluding carboxylic acids is 5. The minimum Gasteiger partial charge on any atom is -0.444 e. The molecule has 4 aliphatic heterocycles. The lowest BCUT2D eigenvalue weighted by atomic mass is 9.86. The number of halogens is 1. The van der Waals surface area contributed by atoms with Crippen LogP contribution in [0.4, 0.5) is 21.5 Å². The van der Waals surface area contributed by atoms with E-state index in [4.69, 9.17) is 19.4 Å². The molecule has 4 saturated heterocycles. The van der Waals surface area contributed by atoms with Gasteiger partial charge in [0, 0.05) is 141 Å². The zero-order valence-corrected chi connectivity index (χ0v) is 60.1. The van der Waals surface area contributed by atoms with E-state index in [-0.39, 0.29) is 67.6 Å². The van der Waals surface area contributed by atoms with E-state index in [9.17, 15) is 34.2 Å². The molecule has 22 heteroatoms. The smallest absolute Gasteiger partial charge is 0.410 e. The number of nitrogens with one attached hydrogen (secondary N) is 3. The van der Waals surface area contributed by atoms with E-state index < -0.39 is 11.2 Å². The molecule has 12 rings (SSSR count). The van der Waals surface area contributed by atoms with Crippen molar-refractivity contribution in [3.63, 3.8) is 0 Å². The van der Waals surface area contributed by atoms with E-state index in [2.05, 4.69) is 76.2 Å². The summed E-state index contributed by atoms with van der Waals surface area (Å²) in [6.07, 6.45) is 11.9. The third-order valence-corrected chi connectivity index (χ3v) is 20.1. The van der Waals surface area contributed by atoms with E-state index in [0.717, 1.165) is 202 Å². The summed E-state index contributed by atoms with van der Waals surface area (Å²) in [5, 5.41) is 29.0. The molecule has 2 aliphatic carbocycles. The number of anilines is 2. The van der Waals surface area contributed by atoms with Gasteiger partial charge >= 0.3 is 12.2 Å². The van der Waals surface area contributed by atoms with E-state index in [1.54, 1.807) is 4.90 Å². The summed E-state index contributed by atoms with van der Waals surface area (Å²) >= 11 is 0. The van der Waals surface area contributed by atoms with Gasteiger partial charge in [-0.2, -0.15) is 0 Å². The van der Waals surface area contributed by atoms with Crippen molar-refractivity contribution in [2.45, 2.75) is 169 Å². The molecule has 6 fully saturated rings. The van der Waals surface area contributed by atoms with E-state index >= 15 is 0 Å². The van der Waals surface area contributed by atoms with Crippen molar-refractivity contribution in [1.82, 2.24) is 48.9 Å². The second-order valence-electron chi connectivity index (χ2n) is 30.1. The van der Waals surface area contributed by atoms with E-state index in [1.807, 2.05) is 109 Å². The van der Waals surface area contributed by atoms with Gasteiger partial charge in [-0.25, -0.2) is 19.6 Å². The number of amides is 4. The van der Waals surface area contributed by atoms with Crippen molar-refractivity contribution in [2.24, 2.45) is 23.7 Å². The van der Waals surface area contributed by atoms with Crippen LogP contribution in [-0.4, -0.2) is 194 Å². The predicted molar refractivity (Wildman–Crippen MR) is 388 cm³/mol. The lowest BCUT2D eigenvalue weighted by Gasteiger charge is -2.39. The molecule has 0 radical (unpaired) electrons. The average Bonchev–Trinajstić information content (AvgIpc) is 1.62. The number of carbonyl (C=O) groups is 5. The minimum absolute atomic E-state index is 0. The van der Waals surface area contributed by atoms with Crippen molar-refractivity contribution in [3.05, 3.63) is 118 Å². The zero-order chi connectivity index (χ0) is 68.8. The molecule has 98 heavy (non-hydrogen) atoms. The fourth-order valence-corrected chi connectivity index (χ4v) is 14.5. The summed E-state index contributed by atoms with van der Waals surface area (Å²) in [4.78, 5) is 82.0. The van der Waals surface area contributed by atoms with Gasteiger partial charge in [-0.05, 0) is 210 Å². The number of aliphatic hydroxyl groups is 2. The molecular formula is C76H109ClN12O9. The van der Waals surface area contributed by atoms with Gasteiger partial charge < -0.3 is 53.6 Å². The fraction of sp³-hybridized carbons (Fsp3) is 0.592. The molecule has 6 aliphatic rings.